The molecule has 1 atom stereocenters. The molecule has 1 N–H and O–H groups in total. The first-order chi connectivity index (χ1) is 9.54. The van der Waals surface area contributed by atoms with Gasteiger partial charge >= 0.3 is 0 Å². The number of carbonyl (C=O) groups is 1. The topological polar surface area (TPSA) is 79.0 Å². The van der Waals surface area contributed by atoms with E-state index in [1.54, 1.807) is 11.8 Å². The van der Waals surface area contributed by atoms with Gasteiger partial charge in [-0.1, -0.05) is 6.92 Å². The van der Waals surface area contributed by atoms with Crippen molar-refractivity contribution in [2.45, 2.75) is 19.8 Å². The van der Waals surface area contributed by atoms with Crippen molar-refractivity contribution in [3.8, 4) is 0 Å². The van der Waals surface area contributed by atoms with Crippen molar-refractivity contribution in [1.29, 1.82) is 0 Å². The molecule has 1 amide bonds. The van der Waals surface area contributed by atoms with Crippen molar-refractivity contribution in [2.24, 2.45) is 5.92 Å². The minimum atomic E-state index is -3.44. The van der Waals surface area contributed by atoms with Gasteiger partial charge in [0.25, 0.3) is 10.2 Å². The number of nitrogens with one attached hydrogen (secondary N) is 1. The van der Waals surface area contributed by atoms with Gasteiger partial charge in [0.2, 0.25) is 5.91 Å². The molecule has 0 bridgehead atoms. The lowest BCUT2D eigenvalue weighted by molar-refractivity contribution is -0.140. The van der Waals surface area contributed by atoms with E-state index in [0.717, 1.165) is 12.8 Å². The zero-order chi connectivity index (χ0) is 14.6. The van der Waals surface area contributed by atoms with Crippen molar-refractivity contribution in [3.05, 3.63) is 0 Å². The maximum Gasteiger partial charge on any atom is 0.279 e. The Morgan fingerprint density at radius 1 is 1.30 bits per heavy atom. The number of morpholine rings is 1. The van der Waals surface area contributed by atoms with Crippen molar-refractivity contribution in [1.82, 2.24) is 13.9 Å². The lowest BCUT2D eigenvalue weighted by Gasteiger charge is -2.35. The number of ether oxygens (including phenoxy) is 1. The lowest BCUT2D eigenvalue weighted by atomic mass is 9.98. The Hall–Kier alpha value is -0.700. The first kappa shape index (κ1) is 15.7. The molecule has 2 saturated heterocycles. The zero-order valence-corrected chi connectivity index (χ0v) is 12.7. The van der Waals surface area contributed by atoms with Gasteiger partial charge in [-0.15, -0.1) is 0 Å². The van der Waals surface area contributed by atoms with E-state index in [-0.39, 0.29) is 18.4 Å². The molecule has 2 rings (SSSR count). The smallest absolute Gasteiger partial charge is 0.279 e. The highest BCUT2D eigenvalue weighted by Gasteiger charge is 2.34. The predicted molar refractivity (Wildman–Crippen MR) is 74.3 cm³/mol. The normalized spacial score (nSPS) is 25.6. The lowest BCUT2D eigenvalue weighted by Crippen LogP contribution is -2.51. The summed E-state index contributed by atoms with van der Waals surface area (Å²) < 4.78 is 33.1. The molecule has 0 unspecified atom stereocenters. The van der Waals surface area contributed by atoms with Gasteiger partial charge in [-0.05, 0) is 12.8 Å². The average molecular weight is 305 g/mol. The third-order valence-electron chi connectivity index (χ3n) is 3.72. The highest BCUT2D eigenvalue weighted by molar-refractivity contribution is 7.87. The quantitative estimate of drug-likeness (QED) is 0.753. The minimum Gasteiger partial charge on any atom is -0.378 e. The Bertz CT molecular complexity index is 434. The summed E-state index contributed by atoms with van der Waals surface area (Å²) >= 11 is 0. The van der Waals surface area contributed by atoms with Gasteiger partial charge in [0, 0.05) is 32.7 Å². The van der Waals surface area contributed by atoms with Crippen LogP contribution in [0, 0.1) is 5.92 Å². The Morgan fingerprint density at radius 2 is 2.00 bits per heavy atom. The predicted octanol–water partition coefficient (Wildman–Crippen LogP) is -0.588. The maximum absolute atomic E-state index is 12.4. The molecule has 0 aliphatic carbocycles. The summed E-state index contributed by atoms with van der Waals surface area (Å²) in [6.07, 6.45) is 1.49. The summed E-state index contributed by atoms with van der Waals surface area (Å²) in [5, 5.41) is 0. The highest BCUT2D eigenvalue weighted by Crippen LogP contribution is 2.21. The number of hydrogen-bond donors (Lipinski definition) is 1. The number of hydrogen-bond acceptors (Lipinski definition) is 4. The van der Waals surface area contributed by atoms with Crippen LogP contribution >= 0.6 is 0 Å². The van der Waals surface area contributed by atoms with Crippen LogP contribution in [0.25, 0.3) is 0 Å². The summed E-state index contributed by atoms with van der Waals surface area (Å²) in [4.78, 5) is 14.2. The van der Waals surface area contributed by atoms with E-state index in [0.29, 0.717) is 39.4 Å². The molecule has 7 nitrogen and oxygen atoms in total. The van der Waals surface area contributed by atoms with E-state index in [2.05, 4.69) is 4.72 Å². The van der Waals surface area contributed by atoms with E-state index in [4.69, 9.17) is 4.74 Å². The van der Waals surface area contributed by atoms with Gasteiger partial charge < -0.3 is 9.64 Å². The summed E-state index contributed by atoms with van der Waals surface area (Å²) in [5.74, 6) is -0.167. The number of nitrogens with zero attached hydrogens (tertiary/aromatic N) is 2. The molecule has 2 aliphatic heterocycles. The molecule has 2 fully saturated rings. The van der Waals surface area contributed by atoms with Gasteiger partial charge in [0.05, 0.1) is 19.1 Å². The molecular formula is C12H23N3O4S. The monoisotopic (exact) mass is 305 g/mol. The molecule has 2 aliphatic rings. The van der Waals surface area contributed by atoms with E-state index >= 15 is 0 Å². The van der Waals surface area contributed by atoms with Gasteiger partial charge in [-0.2, -0.15) is 12.7 Å². The molecule has 0 aromatic carbocycles. The first-order valence-electron chi connectivity index (χ1n) is 7.16. The second-order valence-corrected chi connectivity index (χ2v) is 6.89. The first-order valence-corrected chi connectivity index (χ1v) is 8.60. The van der Waals surface area contributed by atoms with E-state index < -0.39 is 10.2 Å². The van der Waals surface area contributed by atoms with Crippen LogP contribution in [0.1, 0.15) is 19.8 Å². The van der Waals surface area contributed by atoms with E-state index in [1.165, 1.54) is 4.31 Å². The Morgan fingerprint density at radius 3 is 2.65 bits per heavy atom. The molecule has 0 aromatic rings. The van der Waals surface area contributed by atoms with Crippen LogP contribution in [-0.4, -0.2) is 69.5 Å². The molecular weight excluding hydrogens is 282 g/mol. The Labute approximate surface area is 120 Å². The number of carbonyl (C=O) groups excluding carboxylic acids is 1. The van der Waals surface area contributed by atoms with Crippen molar-refractivity contribution in [2.75, 3.05) is 45.9 Å². The standard InChI is InChI=1S/C12H23N3O4S/c1-2-13-20(17,18)15-5-3-4-11(10-15)12(16)14-6-8-19-9-7-14/h11,13H,2-10H2,1H3/t11-/m0/s1. The van der Waals surface area contributed by atoms with Crippen molar-refractivity contribution >= 4 is 16.1 Å². The SMILES string of the molecule is CCNS(=O)(=O)N1CCC[C@H](C(=O)N2CCOCC2)C1. The Balaban J connectivity index is 1.97. The molecule has 116 valence electrons. The third kappa shape index (κ3) is 3.69. The third-order valence-corrected chi connectivity index (χ3v) is 5.39. The molecule has 0 radical (unpaired) electrons. The van der Waals surface area contributed by atoms with E-state index in [1.807, 2.05) is 0 Å². The highest BCUT2D eigenvalue weighted by atomic mass is 32.2. The van der Waals surface area contributed by atoms with Crippen molar-refractivity contribution < 1.29 is 17.9 Å². The molecule has 8 heteroatoms. The summed E-state index contributed by atoms with van der Waals surface area (Å²) in [6, 6.07) is 0. The van der Waals surface area contributed by atoms with Crippen LogP contribution in [-0.2, 0) is 19.7 Å². The van der Waals surface area contributed by atoms with Gasteiger partial charge in [0.1, 0.15) is 0 Å². The van der Waals surface area contributed by atoms with E-state index in [9.17, 15) is 13.2 Å². The zero-order valence-electron chi connectivity index (χ0n) is 11.9. The van der Waals surface area contributed by atoms with Crippen LogP contribution in [0.2, 0.25) is 0 Å². The molecule has 2 heterocycles. The Kier molecular flexibility index (Phi) is 5.36. The molecule has 0 aromatic heterocycles. The van der Waals surface area contributed by atoms with Crippen LogP contribution < -0.4 is 4.72 Å². The molecule has 0 saturated carbocycles. The van der Waals surface area contributed by atoms with Crippen LogP contribution in [0.5, 0.6) is 0 Å². The number of piperidine rings is 1. The molecule has 0 spiro atoms. The van der Waals surface area contributed by atoms with Gasteiger partial charge in [-0.25, -0.2) is 4.72 Å². The minimum absolute atomic E-state index is 0.0599. The fourth-order valence-electron chi connectivity index (χ4n) is 2.68. The van der Waals surface area contributed by atoms with Crippen LogP contribution in [0.3, 0.4) is 0 Å². The molecule has 20 heavy (non-hydrogen) atoms. The van der Waals surface area contributed by atoms with Crippen LogP contribution in [0.15, 0.2) is 0 Å². The summed E-state index contributed by atoms with van der Waals surface area (Å²) in [5.41, 5.74) is 0. The van der Waals surface area contributed by atoms with Gasteiger partial charge in [-0.3, -0.25) is 4.79 Å². The number of amides is 1. The fourth-order valence-corrected chi connectivity index (χ4v) is 3.97. The second-order valence-electron chi connectivity index (χ2n) is 5.14. The number of rotatable bonds is 4. The maximum atomic E-state index is 12.4. The summed E-state index contributed by atoms with van der Waals surface area (Å²) in [6.45, 7) is 5.23. The van der Waals surface area contributed by atoms with Gasteiger partial charge in [0.15, 0.2) is 0 Å². The fraction of sp³-hybridized carbons (Fsp3) is 0.917. The second kappa shape index (κ2) is 6.84. The largest absolute Gasteiger partial charge is 0.378 e. The van der Waals surface area contributed by atoms with Crippen LogP contribution in [0.4, 0.5) is 0 Å². The summed E-state index contributed by atoms with van der Waals surface area (Å²) in [7, 11) is -3.44. The van der Waals surface area contributed by atoms with Crippen molar-refractivity contribution in [3.63, 3.8) is 0 Å². The average Bonchev–Trinajstić information content (AvgIpc) is 2.47.